The Morgan fingerprint density at radius 3 is 2.45 bits per heavy atom. The molecule has 102 valence electrons. The summed E-state index contributed by atoms with van der Waals surface area (Å²) in [6.07, 6.45) is -2.55. The molecule has 1 heterocycles. The van der Waals surface area contributed by atoms with Crippen LogP contribution in [0, 0.1) is 17.1 Å². The van der Waals surface area contributed by atoms with E-state index in [0.717, 1.165) is 18.3 Å². The van der Waals surface area contributed by atoms with Crippen molar-refractivity contribution in [2.24, 2.45) is 0 Å². The zero-order chi connectivity index (χ0) is 14.8. The third-order valence-corrected chi connectivity index (χ3v) is 2.36. The van der Waals surface area contributed by atoms with E-state index in [1.54, 1.807) is 6.07 Å². The van der Waals surface area contributed by atoms with Gasteiger partial charge in [-0.05, 0) is 23.8 Å². The van der Waals surface area contributed by atoms with Crippen molar-refractivity contribution in [1.29, 1.82) is 5.26 Å². The van der Waals surface area contributed by atoms with E-state index in [-0.39, 0.29) is 5.56 Å². The summed E-state index contributed by atoms with van der Waals surface area (Å²) in [4.78, 5) is 3.63. The van der Waals surface area contributed by atoms with Crippen molar-refractivity contribution in [1.82, 2.24) is 4.98 Å². The Kier molecular flexibility index (Phi) is 3.57. The summed E-state index contributed by atoms with van der Waals surface area (Å²) < 4.78 is 53.2. The maximum absolute atomic E-state index is 13.0. The van der Waals surface area contributed by atoms with Crippen LogP contribution in [0.3, 0.4) is 0 Å². The number of pyridine rings is 1. The molecule has 0 aliphatic rings. The van der Waals surface area contributed by atoms with Gasteiger partial charge in [0.1, 0.15) is 17.6 Å². The first-order valence-corrected chi connectivity index (χ1v) is 5.30. The fourth-order valence-electron chi connectivity index (χ4n) is 1.58. The van der Waals surface area contributed by atoms with Gasteiger partial charge in [0.15, 0.2) is 0 Å². The lowest BCUT2D eigenvalue weighted by atomic mass is 10.0. The second-order valence-corrected chi connectivity index (χ2v) is 3.76. The topological polar surface area (TPSA) is 45.9 Å². The number of benzene rings is 1. The van der Waals surface area contributed by atoms with Gasteiger partial charge in [-0.15, -0.1) is 13.2 Å². The van der Waals surface area contributed by atoms with E-state index >= 15 is 0 Å². The first kappa shape index (κ1) is 13.8. The fraction of sp³-hybridized carbons (Fsp3) is 0.0769. The molecule has 1 aromatic carbocycles. The van der Waals surface area contributed by atoms with Crippen molar-refractivity contribution >= 4 is 0 Å². The second-order valence-electron chi connectivity index (χ2n) is 3.76. The van der Waals surface area contributed by atoms with Crippen LogP contribution in [0.4, 0.5) is 17.6 Å². The highest BCUT2D eigenvalue weighted by Crippen LogP contribution is 2.30. The molecular weight excluding hydrogens is 276 g/mol. The maximum Gasteiger partial charge on any atom is 0.573 e. The molecule has 0 spiro atoms. The number of hydrogen-bond acceptors (Lipinski definition) is 3. The highest BCUT2D eigenvalue weighted by atomic mass is 19.4. The average Bonchev–Trinajstić information content (AvgIpc) is 2.37. The van der Waals surface area contributed by atoms with Crippen LogP contribution in [-0.4, -0.2) is 11.3 Å². The minimum absolute atomic E-state index is 0.302. The Bertz CT molecular complexity index is 677. The van der Waals surface area contributed by atoms with Gasteiger partial charge in [0, 0.05) is 11.8 Å². The molecule has 0 radical (unpaired) electrons. The highest BCUT2D eigenvalue weighted by molar-refractivity contribution is 5.66. The van der Waals surface area contributed by atoms with E-state index in [2.05, 4.69) is 9.72 Å². The smallest absolute Gasteiger partial charge is 0.404 e. The maximum atomic E-state index is 13.0. The van der Waals surface area contributed by atoms with E-state index in [9.17, 15) is 17.6 Å². The van der Waals surface area contributed by atoms with E-state index in [1.807, 2.05) is 0 Å². The van der Waals surface area contributed by atoms with Gasteiger partial charge in [-0.25, -0.2) is 4.39 Å². The van der Waals surface area contributed by atoms with Crippen LogP contribution in [-0.2, 0) is 0 Å². The lowest BCUT2D eigenvalue weighted by molar-refractivity contribution is -0.274. The minimum Gasteiger partial charge on any atom is -0.404 e. The number of halogens is 4. The molecular formula is C13H6F4N2O. The zero-order valence-electron chi connectivity index (χ0n) is 9.78. The number of nitrogens with zero attached hydrogens (tertiary/aromatic N) is 2. The molecule has 0 aliphatic heterocycles. The average molecular weight is 282 g/mol. The van der Waals surface area contributed by atoms with Gasteiger partial charge >= 0.3 is 6.36 Å². The highest BCUT2D eigenvalue weighted by Gasteiger charge is 2.32. The van der Waals surface area contributed by atoms with Crippen molar-refractivity contribution in [3.8, 4) is 22.9 Å². The molecule has 2 rings (SSSR count). The Hall–Kier alpha value is -2.62. The summed E-state index contributed by atoms with van der Waals surface area (Å²) >= 11 is 0. The molecule has 0 atom stereocenters. The minimum atomic E-state index is -4.88. The van der Waals surface area contributed by atoms with Crippen molar-refractivity contribution in [3.63, 3.8) is 0 Å². The summed E-state index contributed by atoms with van der Waals surface area (Å²) in [5.74, 6) is -1.19. The summed E-state index contributed by atoms with van der Waals surface area (Å²) in [6, 6.07) is 6.24. The van der Waals surface area contributed by atoms with Crippen LogP contribution in [0.25, 0.3) is 11.1 Å². The quantitative estimate of drug-likeness (QED) is 0.790. The first-order valence-electron chi connectivity index (χ1n) is 5.30. The Morgan fingerprint density at radius 2 is 1.85 bits per heavy atom. The van der Waals surface area contributed by atoms with Crippen LogP contribution < -0.4 is 4.74 Å². The van der Waals surface area contributed by atoms with Crippen molar-refractivity contribution in [2.45, 2.75) is 6.36 Å². The summed E-state index contributed by atoms with van der Waals surface area (Å²) in [7, 11) is 0. The molecule has 0 saturated heterocycles. The molecule has 2 aromatic rings. The third kappa shape index (κ3) is 3.23. The van der Waals surface area contributed by atoms with Crippen molar-refractivity contribution < 1.29 is 22.3 Å². The van der Waals surface area contributed by atoms with Crippen molar-refractivity contribution in [3.05, 3.63) is 48.0 Å². The zero-order valence-corrected chi connectivity index (χ0v) is 9.78. The molecule has 0 fully saturated rings. The summed E-state index contributed by atoms with van der Waals surface area (Å²) in [5.41, 5.74) is 0.409. The lowest BCUT2D eigenvalue weighted by Crippen LogP contribution is -2.17. The number of rotatable bonds is 2. The van der Waals surface area contributed by atoms with Gasteiger partial charge < -0.3 is 4.74 Å². The Balaban J connectivity index is 2.42. The van der Waals surface area contributed by atoms with Gasteiger partial charge in [-0.1, -0.05) is 6.07 Å². The van der Waals surface area contributed by atoms with Gasteiger partial charge in [-0.2, -0.15) is 5.26 Å². The van der Waals surface area contributed by atoms with E-state index in [0.29, 0.717) is 11.1 Å². The summed E-state index contributed by atoms with van der Waals surface area (Å²) in [5, 5.41) is 8.85. The number of hydrogen-bond donors (Lipinski definition) is 0. The van der Waals surface area contributed by atoms with Crippen LogP contribution in [0.2, 0.25) is 0 Å². The molecule has 0 aliphatic carbocycles. The van der Waals surface area contributed by atoms with Crippen LogP contribution in [0.5, 0.6) is 5.75 Å². The van der Waals surface area contributed by atoms with Crippen LogP contribution in [0.15, 0.2) is 36.7 Å². The lowest BCUT2D eigenvalue weighted by Gasteiger charge is -2.11. The molecule has 7 heteroatoms. The molecule has 0 unspecified atom stereocenters. The Morgan fingerprint density at radius 1 is 1.10 bits per heavy atom. The number of ether oxygens (including phenoxy) is 1. The van der Waals surface area contributed by atoms with E-state index < -0.39 is 17.9 Å². The number of aromatic nitrogens is 1. The van der Waals surface area contributed by atoms with Gasteiger partial charge in [0.25, 0.3) is 0 Å². The van der Waals surface area contributed by atoms with Gasteiger partial charge in [0.2, 0.25) is 0 Å². The van der Waals surface area contributed by atoms with E-state index in [1.165, 1.54) is 18.3 Å². The van der Waals surface area contributed by atoms with Gasteiger partial charge in [-0.3, -0.25) is 4.98 Å². The van der Waals surface area contributed by atoms with Crippen LogP contribution >= 0.6 is 0 Å². The number of nitriles is 1. The standard InChI is InChI=1S/C13H6F4N2O/c14-11-4-10(6-19-7-11)8-1-2-12(9(3-8)5-18)20-13(15,16)17/h1-4,6-7H. The predicted octanol–water partition coefficient (Wildman–Crippen LogP) is 3.66. The predicted molar refractivity (Wildman–Crippen MR) is 61.0 cm³/mol. The van der Waals surface area contributed by atoms with Gasteiger partial charge in [0.05, 0.1) is 11.8 Å². The molecule has 20 heavy (non-hydrogen) atoms. The molecule has 0 amide bonds. The molecule has 0 bridgehead atoms. The number of alkyl halides is 3. The SMILES string of the molecule is N#Cc1cc(-c2cncc(F)c2)ccc1OC(F)(F)F. The molecule has 3 nitrogen and oxygen atoms in total. The first-order chi connectivity index (χ1) is 9.39. The van der Waals surface area contributed by atoms with Crippen molar-refractivity contribution in [2.75, 3.05) is 0 Å². The molecule has 0 saturated carbocycles. The normalized spacial score (nSPS) is 10.9. The largest absolute Gasteiger partial charge is 0.573 e. The monoisotopic (exact) mass is 282 g/mol. The molecule has 1 aromatic heterocycles. The fourth-order valence-corrected chi connectivity index (χ4v) is 1.58. The second kappa shape index (κ2) is 5.17. The Labute approximate surface area is 111 Å². The molecule has 0 N–H and O–H groups in total. The van der Waals surface area contributed by atoms with Crippen LogP contribution in [0.1, 0.15) is 5.56 Å². The summed E-state index contributed by atoms with van der Waals surface area (Å²) in [6.45, 7) is 0. The third-order valence-electron chi connectivity index (χ3n) is 2.36. The van der Waals surface area contributed by atoms with E-state index in [4.69, 9.17) is 5.26 Å².